The van der Waals surface area contributed by atoms with E-state index in [9.17, 15) is 9.18 Å². The number of thiazole rings is 1. The molecule has 2 aromatic rings. The first kappa shape index (κ1) is 18.4. The van der Waals surface area contributed by atoms with Gasteiger partial charge in [-0.1, -0.05) is 13.8 Å². The number of hydrogen-bond acceptors (Lipinski definition) is 4. The van der Waals surface area contributed by atoms with E-state index in [-0.39, 0.29) is 11.7 Å². The van der Waals surface area contributed by atoms with Crippen LogP contribution in [-0.2, 0) is 6.42 Å². The first-order chi connectivity index (χ1) is 11.4. The second-order valence-electron chi connectivity index (χ2n) is 6.15. The van der Waals surface area contributed by atoms with E-state index in [0.717, 1.165) is 17.1 Å². The maximum absolute atomic E-state index is 12.8. The molecule has 0 aliphatic carbocycles. The standard InChI is InChI=1S/C18H23FN2O2S/c1-12(2)11-16-20-13(3)17(24-16)18(22)21(4)9-10-23-15-7-5-14(19)6-8-15/h5-8,12H,9-11H2,1-4H3. The van der Waals surface area contributed by atoms with E-state index in [1.807, 2.05) is 6.92 Å². The molecule has 130 valence electrons. The molecule has 1 amide bonds. The van der Waals surface area contributed by atoms with Crippen LogP contribution in [0.2, 0.25) is 0 Å². The highest BCUT2D eigenvalue weighted by molar-refractivity contribution is 7.13. The van der Waals surface area contributed by atoms with E-state index >= 15 is 0 Å². The van der Waals surface area contributed by atoms with Crippen LogP contribution in [0.25, 0.3) is 0 Å². The number of carbonyl (C=O) groups is 1. The molecule has 6 heteroatoms. The third-order valence-corrected chi connectivity index (χ3v) is 4.64. The van der Waals surface area contributed by atoms with E-state index < -0.39 is 0 Å². The summed E-state index contributed by atoms with van der Waals surface area (Å²) in [6, 6.07) is 5.84. The monoisotopic (exact) mass is 350 g/mol. The molecule has 4 nitrogen and oxygen atoms in total. The van der Waals surface area contributed by atoms with Crippen LogP contribution in [0, 0.1) is 18.7 Å². The molecule has 1 aromatic carbocycles. The average molecular weight is 350 g/mol. The number of benzene rings is 1. The number of ether oxygens (including phenoxy) is 1. The van der Waals surface area contributed by atoms with Crippen molar-refractivity contribution in [2.45, 2.75) is 27.2 Å². The molecule has 0 saturated carbocycles. The zero-order valence-electron chi connectivity index (χ0n) is 14.5. The number of aromatic nitrogens is 1. The second-order valence-corrected chi connectivity index (χ2v) is 7.23. The van der Waals surface area contributed by atoms with Gasteiger partial charge in [0.1, 0.15) is 23.1 Å². The van der Waals surface area contributed by atoms with Gasteiger partial charge >= 0.3 is 0 Å². The fourth-order valence-electron chi connectivity index (χ4n) is 2.19. The van der Waals surface area contributed by atoms with Crippen molar-refractivity contribution in [3.63, 3.8) is 0 Å². The minimum absolute atomic E-state index is 0.0392. The lowest BCUT2D eigenvalue weighted by Gasteiger charge is -2.17. The van der Waals surface area contributed by atoms with Crippen LogP contribution < -0.4 is 4.74 Å². The molecule has 0 aliphatic heterocycles. The number of hydrogen-bond donors (Lipinski definition) is 0. The van der Waals surface area contributed by atoms with Crippen LogP contribution in [0.15, 0.2) is 24.3 Å². The Bertz CT molecular complexity index is 683. The minimum atomic E-state index is -0.299. The maximum Gasteiger partial charge on any atom is 0.265 e. The molecule has 0 fully saturated rings. The predicted molar refractivity (Wildman–Crippen MR) is 94.2 cm³/mol. The highest BCUT2D eigenvalue weighted by atomic mass is 32.1. The fourth-order valence-corrected chi connectivity index (χ4v) is 3.46. The molecule has 1 aromatic heterocycles. The predicted octanol–water partition coefficient (Wildman–Crippen LogP) is 3.94. The van der Waals surface area contributed by atoms with Gasteiger partial charge in [0.15, 0.2) is 0 Å². The van der Waals surface area contributed by atoms with Crippen molar-refractivity contribution >= 4 is 17.2 Å². The number of rotatable bonds is 7. The third-order valence-electron chi connectivity index (χ3n) is 3.47. The summed E-state index contributed by atoms with van der Waals surface area (Å²) in [5, 5.41) is 1.00. The molecule has 1 heterocycles. The van der Waals surface area contributed by atoms with Gasteiger partial charge in [0, 0.05) is 13.5 Å². The Labute approximate surface area is 146 Å². The van der Waals surface area contributed by atoms with Gasteiger partial charge < -0.3 is 9.64 Å². The second kappa shape index (κ2) is 8.24. The number of nitrogens with zero attached hydrogens (tertiary/aromatic N) is 2. The van der Waals surface area contributed by atoms with Crippen LogP contribution in [0.1, 0.15) is 34.2 Å². The van der Waals surface area contributed by atoms with Gasteiger partial charge in [-0.2, -0.15) is 0 Å². The van der Waals surface area contributed by atoms with Crippen molar-refractivity contribution in [1.82, 2.24) is 9.88 Å². The zero-order valence-corrected chi connectivity index (χ0v) is 15.3. The van der Waals surface area contributed by atoms with Crippen molar-refractivity contribution in [3.05, 3.63) is 45.7 Å². The molecule has 0 radical (unpaired) electrons. The Morgan fingerprint density at radius 1 is 1.33 bits per heavy atom. The van der Waals surface area contributed by atoms with E-state index in [1.54, 1.807) is 24.1 Å². The summed E-state index contributed by atoms with van der Waals surface area (Å²) in [5.74, 6) is 0.765. The van der Waals surface area contributed by atoms with Gasteiger partial charge in [-0.15, -0.1) is 11.3 Å². The molecule has 0 N–H and O–H groups in total. The van der Waals surface area contributed by atoms with E-state index in [2.05, 4.69) is 18.8 Å². The van der Waals surface area contributed by atoms with Crippen LogP contribution in [0.5, 0.6) is 5.75 Å². The number of aryl methyl sites for hydroxylation is 1. The van der Waals surface area contributed by atoms with Crippen molar-refractivity contribution in [2.75, 3.05) is 20.2 Å². The number of amides is 1. The molecule has 24 heavy (non-hydrogen) atoms. The molecular weight excluding hydrogens is 327 g/mol. The molecular formula is C18H23FN2O2S. The maximum atomic E-state index is 12.8. The summed E-state index contributed by atoms with van der Waals surface area (Å²) >= 11 is 1.47. The average Bonchev–Trinajstić information content (AvgIpc) is 2.88. The number of likely N-dealkylation sites (N-methyl/N-ethyl adjacent to an activating group) is 1. The Morgan fingerprint density at radius 2 is 2.00 bits per heavy atom. The number of halogens is 1. The Kier molecular flexibility index (Phi) is 6.31. The van der Waals surface area contributed by atoms with Crippen molar-refractivity contribution in [1.29, 1.82) is 0 Å². The summed E-state index contributed by atoms with van der Waals surface area (Å²) in [6.45, 7) is 6.95. The molecule has 0 spiro atoms. The molecule has 0 saturated heterocycles. The van der Waals surface area contributed by atoms with Gasteiger partial charge in [-0.05, 0) is 37.1 Å². The first-order valence-electron chi connectivity index (χ1n) is 7.97. The highest BCUT2D eigenvalue weighted by Crippen LogP contribution is 2.22. The highest BCUT2D eigenvalue weighted by Gasteiger charge is 2.19. The molecule has 0 bridgehead atoms. The van der Waals surface area contributed by atoms with Crippen LogP contribution in [0.4, 0.5) is 4.39 Å². The van der Waals surface area contributed by atoms with Crippen molar-refractivity contribution < 1.29 is 13.9 Å². The lowest BCUT2D eigenvalue weighted by atomic mass is 10.1. The van der Waals surface area contributed by atoms with Crippen LogP contribution in [-0.4, -0.2) is 36.0 Å². The zero-order chi connectivity index (χ0) is 17.7. The quantitative estimate of drug-likeness (QED) is 0.759. The van der Waals surface area contributed by atoms with Crippen molar-refractivity contribution in [3.8, 4) is 5.75 Å². The van der Waals surface area contributed by atoms with Crippen LogP contribution in [0.3, 0.4) is 0 Å². The van der Waals surface area contributed by atoms with Crippen molar-refractivity contribution in [2.24, 2.45) is 5.92 Å². The summed E-state index contributed by atoms with van der Waals surface area (Å²) in [4.78, 5) is 19.4. The Balaban J connectivity index is 1.89. The fraction of sp³-hybridized carbons (Fsp3) is 0.444. The van der Waals surface area contributed by atoms with Gasteiger partial charge in [0.2, 0.25) is 0 Å². The van der Waals surface area contributed by atoms with E-state index in [1.165, 1.54) is 23.5 Å². The van der Waals surface area contributed by atoms with E-state index in [0.29, 0.717) is 29.7 Å². The number of carbonyl (C=O) groups excluding carboxylic acids is 1. The smallest absolute Gasteiger partial charge is 0.265 e. The Morgan fingerprint density at radius 3 is 2.62 bits per heavy atom. The van der Waals surface area contributed by atoms with Gasteiger partial charge in [-0.3, -0.25) is 4.79 Å². The van der Waals surface area contributed by atoms with Gasteiger partial charge in [-0.25, -0.2) is 9.37 Å². The normalized spacial score (nSPS) is 10.9. The van der Waals surface area contributed by atoms with E-state index in [4.69, 9.17) is 4.74 Å². The third kappa shape index (κ3) is 5.03. The Hall–Kier alpha value is -1.95. The summed E-state index contributed by atoms with van der Waals surface area (Å²) < 4.78 is 18.4. The van der Waals surface area contributed by atoms with Gasteiger partial charge in [0.25, 0.3) is 5.91 Å². The molecule has 0 atom stereocenters. The molecule has 2 rings (SSSR count). The lowest BCUT2D eigenvalue weighted by molar-refractivity contribution is 0.0777. The first-order valence-corrected chi connectivity index (χ1v) is 8.78. The summed E-state index contributed by atoms with van der Waals surface area (Å²) in [5.41, 5.74) is 0.784. The summed E-state index contributed by atoms with van der Waals surface area (Å²) in [7, 11) is 1.75. The van der Waals surface area contributed by atoms with Crippen LogP contribution >= 0.6 is 11.3 Å². The topological polar surface area (TPSA) is 42.4 Å². The largest absolute Gasteiger partial charge is 0.492 e. The summed E-state index contributed by atoms with van der Waals surface area (Å²) in [6.07, 6.45) is 0.885. The van der Waals surface area contributed by atoms with Gasteiger partial charge in [0.05, 0.1) is 17.2 Å². The molecule has 0 aliphatic rings. The SMILES string of the molecule is Cc1nc(CC(C)C)sc1C(=O)N(C)CCOc1ccc(F)cc1. The lowest BCUT2D eigenvalue weighted by Crippen LogP contribution is -2.30. The molecule has 0 unspecified atom stereocenters. The minimum Gasteiger partial charge on any atom is -0.492 e.